The van der Waals surface area contributed by atoms with E-state index in [1.54, 1.807) is 0 Å². The van der Waals surface area contributed by atoms with Gasteiger partial charge in [-0.15, -0.1) is 0 Å². The standard InChI is InChI=1S/C17H26N2O/c1-6-7-8-20-16-9-14-10-17(5,12(2)3)18-11-15(14)19-13(16)4/h9,11-12H,6-8,10H2,1-5H3. The third-order valence-corrected chi connectivity index (χ3v) is 4.31. The van der Waals surface area contributed by atoms with Gasteiger partial charge in [-0.05, 0) is 44.2 Å². The molecule has 1 aromatic rings. The first-order valence-electron chi connectivity index (χ1n) is 7.65. The molecular formula is C17H26N2O. The lowest BCUT2D eigenvalue weighted by Gasteiger charge is -2.33. The minimum Gasteiger partial charge on any atom is -0.492 e. The van der Waals surface area contributed by atoms with Gasteiger partial charge in [0.25, 0.3) is 0 Å². The summed E-state index contributed by atoms with van der Waals surface area (Å²) in [7, 11) is 0. The van der Waals surface area contributed by atoms with E-state index >= 15 is 0 Å². The molecule has 110 valence electrons. The van der Waals surface area contributed by atoms with Crippen molar-refractivity contribution in [2.24, 2.45) is 10.9 Å². The smallest absolute Gasteiger partial charge is 0.140 e. The van der Waals surface area contributed by atoms with E-state index in [1.165, 1.54) is 5.56 Å². The van der Waals surface area contributed by atoms with Crippen molar-refractivity contribution in [2.45, 2.75) is 59.4 Å². The van der Waals surface area contributed by atoms with Gasteiger partial charge in [-0.25, -0.2) is 4.98 Å². The molecule has 0 aromatic carbocycles. The molecule has 0 saturated carbocycles. The van der Waals surface area contributed by atoms with Crippen LogP contribution >= 0.6 is 0 Å². The Morgan fingerprint density at radius 3 is 2.80 bits per heavy atom. The van der Waals surface area contributed by atoms with E-state index in [2.05, 4.69) is 38.7 Å². The zero-order valence-electron chi connectivity index (χ0n) is 13.4. The van der Waals surface area contributed by atoms with Gasteiger partial charge in [-0.3, -0.25) is 4.99 Å². The molecular weight excluding hydrogens is 248 g/mol. The third-order valence-electron chi connectivity index (χ3n) is 4.31. The number of aliphatic imine (C=N–C) groups is 1. The molecule has 2 rings (SSSR count). The molecule has 1 atom stereocenters. The van der Waals surface area contributed by atoms with Crippen LogP contribution in [0.3, 0.4) is 0 Å². The lowest BCUT2D eigenvalue weighted by Crippen LogP contribution is -2.35. The molecule has 1 aliphatic heterocycles. The van der Waals surface area contributed by atoms with Crippen LogP contribution in [0, 0.1) is 12.8 Å². The second-order valence-electron chi connectivity index (χ2n) is 6.27. The largest absolute Gasteiger partial charge is 0.492 e. The average molecular weight is 274 g/mol. The highest BCUT2D eigenvalue weighted by Crippen LogP contribution is 2.32. The number of pyridine rings is 1. The minimum absolute atomic E-state index is 0.0232. The number of unbranched alkanes of at least 4 members (excludes halogenated alkanes) is 1. The van der Waals surface area contributed by atoms with Gasteiger partial charge in [0.05, 0.1) is 23.5 Å². The summed E-state index contributed by atoms with van der Waals surface area (Å²) in [6.07, 6.45) is 5.10. The predicted molar refractivity (Wildman–Crippen MR) is 83.9 cm³/mol. The normalized spacial score (nSPS) is 21.1. The van der Waals surface area contributed by atoms with Crippen molar-refractivity contribution in [3.05, 3.63) is 23.0 Å². The van der Waals surface area contributed by atoms with Crippen molar-refractivity contribution in [1.82, 2.24) is 4.98 Å². The van der Waals surface area contributed by atoms with E-state index in [0.717, 1.165) is 43.0 Å². The molecule has 0 saturated heterocycles. The SMILES string of the molecule is CCCCOc1cc2c(nc1C)C=NC(C)(C(C)C)C2. The first kappa shape index (κ1) is 15.0. The van der Waals surface area contributed by atoms with Crippen molar-refractivity contribution >= 4 is 6.21 Å². The number of fused-ring (bicyclic) bond motifs is 1. The number of ether oxygens (including phenoxy) is 1. The number of aromatic nitrogens is 1. The molecule has 1 aromatic heterocycles. The number of rotatable bonds is 5. The molecule has 0 amide bonds. The van der Waals surface area contributed by atoms with Gasteiger partial charge < -0.3 is 4.74 Å². The lowest BCUT2D eigenvalue weighted by atomic mass is 9.81. The summed E-state index contributed by atoms with van der Waals surface area (Å²) in [5, 5.41) is 0. The van der Waals surface area contributed by atoms with Crippen LogP contribution in [0.5, 0.6) is 5.75 Å². The van der Waals surface area contributed by atoms with Crippen LogP contribution in [-0.4, -0.2) is 23.3 Å². The fourth-order valence-corrected chi connectivity index (χ4v) is 2.36. The number of nitrogens with zero attached hydrogens (tertiary/aromatic N) is 2. The van der Waals surface area contributed by atoms with Gasteiger partial charge in [0.2, 0.25) is 0 Å². The molecule has 1 aliphatic rings. The Bertz CT molecular complexity index is 508. The van der Waals surface area contributed by atoms with Crippen LogP contribution in [0.15, 0.2) is 11.1 Å². The fourth-order valence-electron chi connectivity index (χ4n) is 2.36. The summed E-state index contributed by atoms with van der Waals surface area (Å²) >= 11 is 0. The van der Waals surface area contributed by atoms with Crippen molar-refractivity contribution in [1.29, 1.82) is 0 Å². The van der Waals surface area contributed by atoms with Crippen LogP contribution in [0.2, 0.25) is 0 Å². The molecule has 0 fully saturated rings. The van der Waals surface area contributed by atoms with E-state index in [0.29, 0.717) is 5.92 Å². The zero-order chi connectivity index (χ0) is 14.8. The van der Waals surface area contributed by atoms with Gasteiger partial charge in [-0.2, -0.15) is 0 Å². The van der Waals surface area contributed by atoms with Gasteiger partial charge in [-0.1, -0.05) is 27.2 Å². The molecule has 0 spiro atoms. The van der Waals surface area contributed by atoms with Crippen LogP contribution in [0.1, 0.15) is 57.5 Å². The fraction of sp³-hybridized carbons (Fsp3) is 0.647. The Morgan fingerprint density at radius 1 is 1.40 bits per heavy atom. The summed E-state index contributed by atoms with van der Waals surface area (Å²) in [5.41, 5.74) is 3.20. The molecule has 1 unspecified atom stereocenters. The van der Waals surface area contributed by atoms with Crippen molar-refractivity contribution in [2.75, 3.05) is 6.61 Å². The van der Waals surface area contributed by atoms with Crippen LogP contribution in [-0.2, 0) is 6.42 Å². The maximum Gasteiger partial charge on any atom is 0.140 e. The maximum absolute atomic E-state index is 5.86. The average Bonchev–Trinajstić information content (AvgIpc) is 2.40. The van der Waals surface area contributed by atoms with Gasteiger partial charge in [0, 0.05) is 6.21 Å². The molecule has 0 bridgehead atoms. The van der Waals surface area contributed by atoms with Gasteiger partial charge in [0.15, 0.2) is 0 Å². The molecule has 2 heterocycles. The molecule has 20 heavy (non-hydrogen) atoms. The number of hydrogen-bond donors (Lipinski definition) is 0. The molecule has 3 heteroatoms. The highest BCUT2D eigenvalue weighted by molar-refractivity contribution is 5.81. The highest BCUT2D eigenvalue weighted by Gasteiger charge is 2.31. The first-order valence-corrected chi connectivity index (χ1v) is 7.65. The Kier molecular flexibility index (Phi) is 4.46. The monoisotopic (exact) mass is 274 g/mol. The Morgan fingerprint density at radius 2 is 2.15 bits per heavy atom. The molecule has 0 aliphatic carbocycles. The summed E-state index contributed by atoms with van der Waals surface area (Å²) in [5.74, 6) is 1.44. The molecule has 0 radical (unpaired) electrons. The lowest BCUT2D eigenvalue weighted by molar-refractivity contribution is 0.303. The maximum atomic E-state index is 5.86. The van der Waals surface area contributed by atoms with Gasteiger partial charge in [0.1, 0.15) is 5.75 Å². The second kappa shape index (κ2) is 5.94. The molecule has 0 N–H and O–H groups in total. The minimum atomic E-state index is -0.0232. The van der Waals surface area contributed by atoms with E-state index in [1.807, 2.05) is 13.1 Å². The first-order chi connectivity index (χ1) is 9.46. The van der Waals surface area contributed by atoms with Crippen LogP contribution < -0.4 is 4.74 Å². The Balaban J connectivity index is 2.25. The molecule has 3 nitrogen and oxygen atoms in total. The van der Waals surface area contributed by atoms with E-state index in [4.69, 9.17) is 9.73 Å². The Hall–Kier alpha value is -1.38. The van der Waals surface area contributed by atoms with Crippen LogP contribution in [0.25, 0.3) is 0 Å². The topological polar surface area (TPSA) is 34.5 Å². The third kappa shape index (κ3) is 3.02. The highest BCUT2D eigenvalue weighted by atomic mass is 16.5. The Labute approximate surface area is 122 Å². The van der Waals surface area contributed by atoms with Crippen molar-refractivity contribution in [3.8, 4) is 5.75 Å². The quantitative estimate of drug-likeness (QED) is 0.762. The number of hydrogen-bond acceptors (Lipinski definition) is 3. The van der Waals surface area contributed by atoms with E-state index < -0.39 is 0 Å². The number of aryl methyl sites for hydroxylation is 1. The predicted octanol–water partition coefficient (Wildman–Crippen LogP) is 3.96. The second-order valence-corrected chi connectivity index (χ2v) is 6.27. The van der Waals surface area contributed by atoms with Crippen molar-refractivity contribution < 1.29 is 4.74 Å². The van der Waals surface area contributed by atoms with Gasteiger partial charge >= 0.3 is 0 Å². The summed E-state index contributed by atoms with van der Waals surface area (Å²) in [6, 6.07) is 2.17. The zero-order valence-corrected chi connectivity index (χ0v) is 13.4. The van der Waals surface area contributed by atoms with Crippen molar-refractivity contribution in [3.63, 3.8) is 0 Å². The van der Waals surface area contributed by atoms with E-state index in [-0.39, 0.29) is 5.54 Å². The van der Waals surface area contributed by atoms with E-state index in [9.17, 15) is 0 Å². The summed E-state index contributed by atoms with van der Waals surface area (Å²) in [6.45, 7) is 11.6. The summed E-state index contributed by atoms with van der Waals surface area (Å²) < 4.78 is 5.86. The van der Waals surface area contributed by atoms with Crippen LogP contribution in [0.4, 0.5) is 0 Å². The summed E-state index contributed by atoms with van der Waals surface area (Å²) in [4.78, 5) is 9.36.